The minimum atomic E-state index is 0.755. The molecule has 28 heavy (non-hydrogen) atoms. The first kappa shape index (κ1) is 18.2. The van der Waals surface area contributed by atoms with Crippen LogP contribution in [0.5, 0.6) is 0 Å². The maximum Gasteiger partial charge on any atom is 0.143 e. The topological polar surface area (TPSA) is 35.6 Å². The van der Waals surface area contributed by atoms with Crippen LogP contribution in [-0.4, -0.2) is 19.1 Å². The van der Waals surface area contributed by atoms with Gasteiger partial charge in [0.05, 0.1) is 0 Å². The van der Waals surface area contributed by atoms with Crippen molar-refractivity contribution in [1.29, 1.82) is 0 Å². The zero-order valence-corrected chi connectivity index (χ0v) is 17.2. The Bertz CT molecular complexity index is 1110. The molecule has 0 aliphatic rings. The van der Waals surface area contributed by atoms with Gasteiger partial charge in [0.25, 0.3) is 0 Å². The monoisotopic (exact) mass is 370 g/mol. The Kier molecular flexibility index (Phi) is 4.63. The molecule has 0 aromatic carbocycles. The Balaban J connectivity index is 1.89. The summed E-state index contributed by atoms with van der Waals surface area (Å²) >= 11 is 0. The zero-order chi connectivity index (χ0) is 19.8. The predicted molar refractivity (Wildman–Crippen MR) is 114 cm³/mol. The molecule has 0 bridgehead atoms. The molecule has 0 aliphatic heterocycles. The second-order valence-electron chi connectivity index (χ2n) is 7.50. The van der Waals surface area contributed by atoms with Crippen LogP contribution in [0.4, 0.5) is 0 Å². The summed E-state index contributed by atoms with van der Waals surface area (Å²) < 4.78 is 4.44. The van der Waals surface area contributed by atoms with E-state index in [4.69, 9.17) is 9.97 Å². The fourth-order valence-electron chi connectivity index (χ4n) is 3.85. The van der Waals surface area contributed by atoms with Crippen LogP contribution in [0.1, 0.15) is 39.7 Å². The quantitative estimate of drug-likeness (QED) is 0.495. The molecule has 4 rings (SSSR count). The molecule has 4 heterocycles. The van der Waals surface area contributed by atoms with E-state index in [2.05, 4.69) is 85.4 Å². The SMILES string of the molecule is Cc1cccc(Cc2ccc(-n3c(C)ccc3C)nc2-n2c(C)ccc2C)n1. The van der Waals surface area contributed by atoms with Gasteiger partial charge in [-0.3, -0.25) is 4.98 Å². The van der Waals surface area contributed by atoms with E-state index in [9.17, 15) is 0 Å². The van der Waals surface area contributed by atoms with Crippen molar-refractivity contribution in [3.8, 4) is 11.6 Å². The van der Waals surface area contributed by atoms with Gasteiger partial charge in [-0.25, -0.2) is 4.98 Å². The standard InChI is InChI=1S/C24H26N4/c1-16-7-6-8-22(25-16)15-21-13-14-23(27-17(2)9-10-18(27)3)26-24(21)28-19(4)11-12-20(28)5/h6-14H,15H2,1-5H3. The van der Waals surface area contributed by atoms with Crippen LogP contribution >= 0.6 is 0 Å². The van der Waals surface area contributed by atoms with E-state index in [1.165, 1.54) is 28.3 Å². The average molecular weight is 371 g/mol. The van der Waals surface area contributed by atoms with Crippen molar-refractivity contribution in [2.75, 3.05) is 0 Å². The Labute approximate surface area is 166 Å². The number of hydrogen-bond acceptors (Lipinski definition) is 2. The predicted octanol–water partition coefficient (Wildman–Crippen LogP) is 5.19. The van der Waals surface area contributed by atoms with Crippen molar-refractivity contribution in [3.63, 3.8) is 0 Å². The van der Waals surface area contributed by atoms with Crippen LogP contribution in [0.25, 0.3) is 11.6 Å². The Morgan fingerprint density at radius 3 is 1.86 bits per heavy atom. The van der Waals surface area contributed by atoms with Crippen LogP contribution < -0.4 is 0 Å². The van der Waals surface area contributed by atoms with Crippen LogP contribution in [0.2, 0.25) is 0 Å². The third-order valence-electron chi connectivity index (χ3n) is 5.24. The van der Waals surface area contributed by atoms with Gasteiger partial charge in [-0.15, -0.1) is 0 Å². The highest BCUT2D eigenvalue weighted by Gasteiger charge is 2.15. The highest BCUT2D eigenvalue weighted by Crippen LogP contribution is 2.24. The zero-order valence-electron chi connectivity index (χ0n) is 17.2. The number of rotatable bonds is 4. The molecule has 142 valence electrons. The maximum atomic E-state index is 5.12. The molecule has 0 spiro atoms. The lowest BCUT2D eigenvalue weighted by Gasteiger charge is -2.17. The van der Waals surface area contributed by atoms with Crippen LogP contribution in [-0.2, 0) is 6.42 Å². The summed E-state index contributed by atoms with van der Waals surface area (Å²) in [5.74, 6) is 1.93. The molecule has 0 saturated carbocycles. The summed E-state index contributed by atoms with van der Waals surface area (Å²) in [5, 5.41) is 0. The van der Waals surface area contributed by atoms with Gasteiger partial charge in [-0.05, 0) is 77.1 Å². The number of nitrogens with zero attached hydrogens (tertiary/aromatic N) is 4. The summed E-state index contributed by atoms with van der Waals surface area (Å²) in [5.41, 5.74) is 8.01. The highest BCUT2D eigenvalue weighted by molar-refractivity contribution is 5.46. The van der Waals surface area contributed by atoms with E-state index in [-0.39, 0.29) is 0 Å². The number of pyridine rings is 2. The van der Waals surface area contributed by atoms with Crippen molar-refractivity contribution in [3.05, 3.63) is 94.3 Å². The van der Waals surface area contributed by atoms with Crippen LogP contribution in [0.3, 0.4) is 0 Å². The number of aromatic nitrogens is 4. The summed E-state index contributed by atoms with van der Waals surface area (Å²) in [6.45, 7) is 10.5. The average Bonchev–Trinajstić information content (AvgIpc) is 3.17. The molecule has 4 heteroatoms. The lowest BCUT2D eigenvalue weighted by molar-refractivity contribution is 0.854. The highest BCUT2D eigenvalue weighted by atomic mass is 15.1. The molecule has 4 aromatic rings. The van der Waals surface area contributed by atoms with Gasteiger partial charge in [-0.2, -0.15) is 0 Å². The van der Waals surface area contributed by atoms with Gasteiger partial charge in [-0.1, -0.05) is 12.1 Å². The lowest BCUT2D eigenvalue weighted by atomic mass is 10.1. The first-order valence-electron chi connectivity index (χ1n) is 9.67. The van der Waals surface area contributed by atoms with Gasteiger partial charge < -0.3 is 9.13 Å². The summed E-state index contributed by atoms with van der Waals surface area (Å²) in [6.07, 6.45) is 0.755. The lowest BCUT2D eigenvalue weighted by Crippen LogP contribution is -2.11. The molecule has 4 aromatic heterocycles. The van der Waals surface area contributed by atoms with Crippen molar-refractivity contribution in [1.82, 2.24) is 19.1 Å². The Morgan fingerprint density at radius 2 is 1.25 bits per heavy atom. The molecular weight excluding hydrogens is 344 g/mol. The molecule has 0 saturated heterocycles. The summed E-state index contributed by atoms with van der Waals surface area (Å²) in [4.78, 5) is 9.81. The molecule has 0 aliphatic carbocycles. The van der Waals surface area contributed by atoms with Crippen LogP contribution in [0.15, 0.2) is 54.6 Å². The molecule has 0 radical (unpaired) electrons. The minimum Gasteiger partial charge on any atom is -0.303 e. The van der Waals surface area contributed by atoms with E-state index in [1.807, 2.05) is 13.0 Å². The fourth-order valence-corrected chi connectivity index (χ4v) is 3.85. The van der Waals surface area contributed by atoms with Crippen molar-refractivity contribution >= 4 is 0 Å². The number of hydrogen-bond donors (Lipinski definition) is 0. The fraction of sp³-hybridized carbons (Fsp3) is 0.250. The van der Waals surface area contributed by atoms with Crippen molar-refractivity contribution in [2.45, 2.75) is 41.0 Å². The molecular formula is C24H26N4. The minimum absolute atomic E-state index is 0.755. The largest absolute Gasteiger partial charge is 0.303 e. The van der Waals surface area contributed by atoms with E-state index in [0.717, 1.165) is 29.4 Å². The van der Waals surface area contributed by atoms with E-state index >= 15 is 0 Å². The van der Waals surface area contributed by atoms with E-state index in [0.29, 0.717) is 0 Å². The summed E-state index contributed by atoms with van der Waals surface area (Å²) in [7, 11) is 0. The Hall–Kier alpha value is -3.14. The second kappa shape index (κ2) is 7.12. The molecule has 0 unspecified atom stereocenters. The molecule has 4 nitrogen and oxygen atoms in total. The summed E-state index contributed by atoms with van der Waals surface area (Å²) in [6, 6.07) is 19.0. The molecule has 0 amide bonds. The van der Waals surface area contributed by atoms with Gasteiger partial charge in [0.2, 0.25) is 0 Å². The first-order valence-corrected chi connectivity index (χ1v) is 9.67. The second-order valence-corrected chi connectivity index (χ2v) is 7.50. The Morgan fingerprint density at radius 1 is 0.643 bits per heavy atom. The maximum absolute atomic E-state index is 5.12. The normalized spacial score (nSPS) is 11.2. The van der Waals surface area contributed by atoms with E-state index < -0.39 is 0 Å². The van der Waals surface area contributed by atoms with Gasteiger partial charge in [0, 0.05) is 46.1 Å². The van der Waals surface area contributed by atoms with Crippen LogP contribution in [0, 0.1) is 34.6 Å². The van der Waals surface area contributed by atoms with Gasteiger partial charge in [0.15, 0.2) is 0 Å². The molecule has 0 N–H and O–H groups in total. The van der Waals surface area contributed by atoms with Crippen molar-refractivity contribution in [2.24, 2.45) is 0 Å². The van der Waals surface area contributed by atoms with Gasteiger partial charge >= 0.3 is 0 Å². The molecule has 0 atom stereocenters. The van der Waals surface area contributed by atoms with E-state index in [1.54, 1.807) is 0 Å². The van der Waals surface area contributed by atoms with Gasteiger partial charge in [0.1, 0.15) is 11.6 Å². The number of aryl methyl sites for hydroxylation is 5. The third kappa shape index (κ3) is 3.26. The third-order valence-corrected chi connectivity index (χ3v) is 5.24. The van der Waals surface area contributed by atoms with Crippen molar-refractivity contribution < 1.29 is 0 Å². The smallest absolute Gasteiger partial charge is 0.143 e. The molecule has 0 fully saturated rings. The first-order chi connectivity index (χ1) is 13.4.